The summed E-state index contributed by atoms with van der Waals surface area (Å²) >= 11 is 0. The molecule has 0 aromatic carbocycles. The molecule has 7 heteroatoms. The SMILES string of the molecule is O=C(CO)N[C@H]1CC[C@H](CCN2CCN(c3nccc4c3CCO4)CC2)CC1. The first-order valence-electron chi connectivity index (χ1n) is 10.7. The first kappa shape index (κ1) is 19.5. The molecule has 1 aromatic heterocycles. The Balaban J connectivity index is 1.18. The zero-order valence-corrected chi connectivity index (χ0v) is 16.6. The third-order valence-corrected chi connectivity index (χ3v) is 6.48. The molecule has 1 saturated heterocycles. The number of rotatable bonds is 6. The van der Waals surface area contributed by atoms with Gasteiger partial charge in [0.1, 0.15) is 18.2 Å². The number of nitrogens with one attached hydrogen (secondary N) is 1. The number of aliphatic hydroxyl groups is 1. The standard InChI is InChI=1S/C21H32N4O3/c26-15-20(27)23-17-3-1-16(2-4-17)6-9-24-10-12-25(13-11-24)21-18-7-14-28-19(18)5-8-22-21/h5,8,16-17,26H,1-4,6-7,9-15H2,(H,23,27)/t16-,17-. The number of hydrogen-bond donors (Lipinski definition) is 2. The Bertz CT molecular complexity index is 668. The number of piperazine rings is 1. The van der Waals surface area contributed by atoms with Crippen molar-refractivity contribution in [3.8, 4) is 5.75 Å². The maximum absolute atomic E-state index is 11.3. The highest BCUT2D eigenvalue weighted by Crippen LogP contribution is 2.32. The van der Waals surface area contributed by atoms with E-state index in [0.717, 1.165) is 76.1 Å². The lowest BCUT2D eigenvalue weighted by molar-refractivity contribution is -0.124. The summed E-state index contributed by atoms with van der Waals surface area (Å²) in [5.41, 5.74) is 1.28. The largest absolute Gasteiger partial charge is 0.493 e. The Morgan fingerprint density at radius 1 is 1.21 bits per heavy atom. The summed E-state index contributed by atoms with van der Waals surface area (Å²) in [6, 6.07) is 2.23. The highest BCUT2D eigenvalue weighted by atomic mass is 16.5. The maximum Gasteiger partial charge on any atom is 0.245 e. The van der Waals surface area contributed by atoms with Crippen molar-refractivity contribution < 1.29 is 14.6 Å². The van der Waals surface area contributed by atoms with Gasteiger partial charge in [-0.3, -0.25) is 9.69 Å². The summed E-state index contributed by atoms with van der Waals surface area (Å²) in [5, 5.41) is 11.8. The number of carbonyl (C=O) groups excluding carboxylic acids is 1. The first-order valence-corrected chi connectivity index (χ1v) is 10.7. The van der Waals surface area contributed by atoms with Crippen LogP contribution in [-0.2, 0) is 11.2 Å². The van der Waals surface area contributed by atoms with Gasteiger partial charge in [0.2, 0.25) is 5.91 Å². The minimum Gasteiger partial charge on any atom is -0.493 e. The van der Waals surface area contributed by atoms with Crippen molar-refractivity contribution in [2.45, 2.75) is 44.6 Å². The molecule has 4 rings (SSSR count). The third-order valence-electron chi connectivity index (χ3n) is 6.48. The van der Waals surface area contributed by atoms with Gasteiger partial charge in [0, 0.05) is 50.4 Å². The Morgan fingerprint density at radius 3 is 2.75 bits per heavy atom. The average molecular weight is 389 g/mol. The van der Waals surface area contributed by atoms with Crippen LogP contribution in [0.1, 0.15) is 37.7 Å². The fourth-order valence-corrected chi connectivity index (χ4v) is 4.79. The van der Waals surface area contributed by atoms with Crippen LogP contribution in [0.4, 0.5) is 5.82 Å². The number of nitrogens with zero attached hydrogens (tertiary/aromatic N) is 3. The molecule has 0 radical (unpaired) electrons. The molecular formula is C21H32N4O3. The van der Waals surface area contributed by atoms with Crippen LogP contribution in [-0.4, -0.2) is 72.9 Å². The van der Waals surface area contributed by atoms with E-state index in [1.807, 2.05) is 12.3 Å². The molecule has 3 aliphatic rings. The molecule has 3 heterocycles. The molecule has 2 aliphatic heterocycles. The second-order valence-corrected chi connectivity index (χ2v) is 8.27. The molecular weight excluding hydrogens is 356 g/mol. The third kappa shape index (κ3) is 4.58. The molecule has 0 atom stereocenters. The molecule has 0 unspecified atom stereocenters. The Labute approximate surface area is 167 Å². The van der Waals surface area contributed by atoms with Gasteiger partial charge in [0.25, 0.3) is 0 Å². The first-order chi connectivity index (χ1) is 13.7. The molecule has 154 valence electrons. The van der Waals surface area contributed by atoms with Gasteiger partial charge >= 0.3 is 0 Å². The molecule has 1 aliphatic carbocycles. The Hall–Kier alpha value is -1.86. The highest BCUT2D eigenvalue weighted by molar-refractivity contribution is 5.77. The quantitative estimate of drug-likeness (QED) is 0.762. The number of ether oxygens (including phenoxy) is 1. The van der Waals surface area contributed by atoms with E-state index in [2.05, 4.69) is 20.1 Å². The van der Waals surface area contributed by atoms with Crippen molar-refractivity contribution in [3.05, 3.63) is 17.8 Å². The number of carbonyl (C=O) groups is 1. The van der Waals surface area contributed by atoms with Gasteiger partial charge in [-0.25, -0.2) is 4.98 Å². The van der Waals surface area contributed by atoms with Crippen molar-refractivity contribution in [3.63, 3.8) is 0 Å². The summed E-state index contributed by atoms with van der Waals surface area (Å²) in [7, 11) is 0. The van der Waals surface area contributed by atoms with E-state index in [0.29, 0.717) is 0 Å². The number of hydrogen-bond acceptors (Lipinski definition) is 6. The Kier molecular flexibility index (Phi) is 6.32. The van der Waals surface area contributed by atoms with Gasteiger partial charge in [-0.05, 0) is 50.6 Å². The fourth-order valence-electron chi connectivity index (χ4n) is 4.79. The molecule has 1 aromatic rings. The van der Waals surface area contributed by atoms with E-state index in [1.54, 1.807) is 0 Å². The number of anilines is 1. The van der Waals surface area contributed by atoms with Crippen molar-refractivity contribution in [1.29, 1.82) is 0 Å². The minimum absolute atomic E-state index is 0.244. The van der Waals surface area contributed by atoms with Crippen LogP contribution in [0.15, 0.2) is 12.3 Å². The molecule has 0 bridgehead atoms. The predicted molar refractivity (Wildman–Crippen MR) is 108 cm³/mol. The lowest BCUT2D eigenvalue weighted by atomic mass is 9.84. The lowest BCUT2D eigenvalue weighted by Crippen LogP contribution is -2.47. The summed E-state index contributed by atoms with van der Waals surface area (Å²) in [6.07, 6.45) is 8.51. The second-order valence-electron chi connectivity index (χ2n) is 8.27. The van der Waals surface area contributed by atoms with Gasteiger partial charge in [-0.2, -0.15) is 0 Å². The molecule has 2 fully saturated rings. The van der Waals surface area contributed by atoms with Crippen LogP contribution in [0, 0.1) is 5.92 Å². The van der Waals surface area contributed by atoms with Gasteiger partial charge in [-0.1, -0.05) is 0 Å². The van der Waals surface area contributed by atoms with Gasteiger partial charge in [-0.15, -0.1) is 0 Å². The average Bonchev–Trinajstić information content (AvgIpc) is 3.22. The lowest BCUT2D eigenvalue weighted by Gasteiger charge is -2.37. The molecule has 2 N–H and O–H groups in total. The second kappa shape index (κ2) is 9.09. The van der Waals surface area contributed by atoms with Crippen LogP contribution in [0.25, 0.3) is 0 Å². The maximum atomic E-state index is 11.3. The van der Waals surface area contributed by atoms with Crippen LogP contribution in [0.3, 0.4) is 0 Å². The molecule has 1 saturated carbocycles. The van der Waals surface area contributed by atoms with Crippen molar-refractivity contribution >= 4 is 11.7 Å². The minimum atomic E-state index is -0.403. The number of aliphatic hydroxyl groups excluding tert-OH is 1. The number of amides is 1. The number of pyridine rings is 1. The molecule has 0 spiro atoms. The smallest absolute Gasteiger partial charge is 0.245 e. The summed E-state index contributed by atoms with van der Waals surface area (Å²) in [5.74, 6) is 2.65. The molecule has 1 amide bonds. The monoisotopic (exact) mass is 388 g/mol. The zero-order valence-electron chi connectivity index (χ0n) is 16.6. The van der Waals surface area contributed by atoms with E-state index in [4.69, 9.17) is 9.84 Å². The van der Waals surface area contributed by atoms with Crippen molar-refractivity contribution in [2.24, 2.45) is 5.92 Å². The predicted octanol–water partition coefficient (Wildman–Crippen LogP) is 1.20. The highest BCUT2D eigenvalue weighted by Gasteiger charge is 2.26. The van der Waals surface area contributed by atoms with Gasteiger partial charge in [0.05, 0.1) is 6.61 Å². The normalized spacial score (nSPS) is 25.2. The van der Waals surface area contributed by atoms with Crippen molar-refractivity contribution in [2.75, 3.05) is 50.8 Å². The summed E-state index contributed by atoms with van der Waals surface area (Å²) < 4.78 is 5.68. The van der Waals surface area contributed by atoms with E-state index < -0.39 is 6.61 Å². The van der Waals surface area contributed by atoms with Crippen molar-refractivity contribution in [1.82, 2.24) is 15.2 Å². The van der Waals surface area contributed by atoms with Crippen LogP contribution in [0.2, 0.25) is 0 Å². The van der Waals surface area contributed by atoms with E-state index >= 15 is 0 Å². The van der Waals surface area contributed by atoms with Gasteiger partial charge in [0.15, 0.2) is 0 Å². The topological polar surface area (TPSA) is 77.9 Å². The number of aromatic nitrogens is 1. The molecule has 7 nitrogen and oxygen atoms in total. The Morgan fingerprint density at radius 2 is 2.00 bits per heavy atom. The summed E-state index contributed by atoms with van der Waals surface area (Å²) in [6.45, 7) is 5.78. The van der Waals surface area contributed by atoms with E-state index in [9.17, 15) is 4.79 Å². The van der Waals surface area contributed by atoms with E-state index in [-0.39, 0.29) is 11.9 Å². The number of fused-ring (bicyclic) bond motifs is 1. The van der Waals surface area contributed by atoms with Crippen LogP contribution in [0.5, 0.6) is 5.75 Å². The van der Waals surface area contributed by atoms with Crippen LogP contribution >= 0.6 is 0 Å². The molecule has 28 heavy (non-hydrogen) atoms. The van der Waals surface area contributed by atoms with Crippen LogP contribution < -0.4 is 15.0 Å². The summed E-state index contributed by atoms with van der Waals surface area (Å²) in [4.78, 5) is 20.9. The zero-order chi connectivity index (χ0) is 19.3. The van der Waals surface area contributed by atoms with E-state index in [1.165, 1.54) is 24.8 Å². The fraction of sp³-hybridized carbons (Fsp3) is 0.714. The van der Waals surface area contributed by atoms with Gasteiger partial charge < -0.3 is 20.1 Å².